The topological polar surface area (TPSA) is 74.6 Å². The predicted molar refractivity (Wildman–Crippen MR) is 47.7 cm³/mol. The van der Waals surface area contributed by atoms with Gasteiger partial charge in [-0.15, -0.1) is 0 Å². The summed E-state index contributed by atoms with van der Waals surface area (Å²) in [5.74, 6) is -2.69. The van der Waals surface area contributed by atoms with Crippen LogP contribution in [0.1, 0.15) is 19.3 Å². The summed E-state index contributed by atoms with van der Waals surface area (Å²) in [6, 6.07) is 0. The van der Waals surface area contributed by atoms with E-state index in [1.54, 1.807) is 0 Å². The minimum Gasteiger partial charge on any atom is -0.481 e. The summed E-state index contributed by atoms with van der Waals surface area (Å²) in [5.41, 5.74) is -0.548. The molecule has 0 aromatic carbocycles. The molecule has 2 rings (SSSR count). The van der Waals surface area contributed by atoms with Gasteiger partial charge in [-0.25, -0.2) is 0 Å². The molecule has 3 unspecified atom stereocenters. The van der Waals surface area contributed by atoms with Gasteiger partial charge in [0.25, 0.3) is 0 Å². The Morgan fingerprint density at radius 3 is 2.43 bits per heavy atom. The summed E-state index contributed by atoms with van der Waals surface area (Å²) < 4.78 is 0. The highest BCUT2D eigenvalue weighted by Gasteiger charge is 2.62. The summed E-state index contributed by atoms with van der Waals surface area (Å²) in [5, 5.41) is 18.1. The third kappa shape index (κ3) is 0.832. The zero-order chi connectivity index (χ0) is 10.5. The standard InChI is InChI=1S/C10H12O4/c1-5-6-2-3-10(5,9(13)14)7(4-6)8(11)12/h6-7H,1-4H2,(H,11,12)(H,13,14). The maximum absolute atomic E-state index is 11.2. The lowest BCUT2D eigenvalue weighted by molar-refractivity contribution is -0.159. The van der Waals surface area contributed by atoms with Crippen molar-refractivity contribution in [1.29, 1.82) is 0 Å². The molecule has 3 atom stereocenters. The van der Waals surface area contributed by atoms with E-state index >= 15 is 0 Å². The number of rotatable bonds is 2. The zero-order valence-corrected chi connectivity index (χ0v) is 7.69. The van der Waals surface area contributed by atoms with Gasteiger partial charge in [-0.2, -0.15) is 0 Å². The maximum Gasteiger partial charge on any atom is 0.314 e. The second kappa shape index (κ2) is 2.59. The van der Waals surface area contributed by atoms with Crippen molar-refractivity contribution in [3.8, 4) is 0 Å². The highest BCUT2D eigenvalue weighted by molar-refractivity contribution is 5.88. The molecule has 2 saturated carbocycles. The zero-order valence-electron chi connectivity index (χ0n) is 7.69. The van der Waals surface area contributed by atoms with Crippen LogP contribution in [0.3, 0.4) is 0 Å². The molecule has 0 aromatic rings. The van der Waals surface area contributed by atoms with Crippen molar-refractivity contribution in [3.63, 3.8) is 0 Å². The van der Waals surface area contributed by atoms with E-state index in [2.05, 4.69) is 6.58 Å². The number of hydrogen-bond acceptors (Lipinski definition) is 2. The molecule has 76 valence electrons. The van der Waals surface area contributed by atoms with E-state index in [4.69, 9.17) is 10.2 Å². The van der Waals surface area contributed by atoms with E-state index in [0.717, 1.165) is 6.42 Å². The number of aliphatic carboxylic acids is 2. The summed E-state index contributed by atoms with van der Waals surface area (Å²) in [6.07, 6.45) is 1.65. The van der Waals surface area contributed by atoms with Crippen molar-refractivity contribution in [2.75, 3.05) is 0 Å². The van der Waals surface area contributed by atoms with Gasteiger partial charge in [0.1, 0.15) is 5.41 Å². The molecular weight excluding hydrogens is 184 g/mol. The van der Waals surface area contributed by atoms with E-state index in [-0.39, 0.29) is 5.92 Å². The van der Waals surface area contributed by atoms with Crippen LogP contribution < -0.4 is 0 Å². The fourth-order valence-electron chi connectivity index (χ4n) is 2.95. The Kier molecular flexibility index (Phi) is 1.71. The highest BCUT2D eigenvalue weighted by Crippen LogP contribution is 2.60. The van der Waals surface area contributed by atoms with Crippen molar-refractivity contribution in [3.05, 3.63) is 12.2 Å². The van der Waals surface area contributed by atoms with Crippen LogP contribution in [0.4, 0.5) is 0 Å². The summed E-state index contributed by atoms with van der Waals surface area (Å²) in [4.78, 5) is 22.1. The normalized spacial score (nSPS) is 40.1. The van der Waals surface area contributed by atoms with Gasteiger partial charge in [0, 0.05) is 0 Å². The Morgan fingerprint density at radius 1 is 1.43 bits per heavy atom. The molecule has 0 spiro atoms. The first kappa shape index (κ1) is 9.24. The van der Waals surface area contributed by atoms with E-state index in [0.29, 0.717) is 18.4 Å². The smallest absolute Gasteiger partial charge is 0.314 e. The predicted octanol–water partition coefficient (Wildman–Crippen LogP) is 1.13. The van der Waals surface area contributed by atoms with Gasteiger partial charge in [-0.1, -0.05) is 12.2 Å². The van der Waals surface area contributed by atoms with Gasteiger partial charge in [-0.3, -0.25) is 9.59 Å². The largest absolute Gasteiger partial charge is 0.481 e. The van der Waals surface area contributed by atoms with Crippen LogP contribution in [0, 0.1) is 17.3 Å². The monoisotopic (exact) mass is 196 g/mol. The van der Waals surface area contributed by atoms with Gasteiger partial charge in [0.2, 0.25) is 0 Å². The summed E-state index contributed by atoms with van der Waals surface area (Å²) >= 11 is 0. The average Bonchev–Trinajstić information content (AvgIpc) is 2.58. The van der Waals surface area contributed by atoms with E-state index in [1.165, 1.54) is 0 Å². The lowest BCUT2D eigenvalue weighted by Crippen LogP contribution is -2.39. The van der Waals surface area contributed by atoms with E-state index < -0.39 is 23.3 Å². The molecule has 4 nitrogen and oxygen atoms in total. The van der Waals surface area contributed by atoms with Crippen molar-refractivity contribution >= 4 is 11.9 Å². The van der Waals surface area contributed by atoms with Gasteiger partial charge in [0.05, 0.1) is 5.92 Å². The lowest BCUT2D eigenvalue weighted by Gasteiger charge is -2.27. The number of carboxylic acids is 2. The van der Waals surface area contributed by atoms with Crippen LogP contribution >= 0.6 is 0 Å². The molecule has 0 saturated heterocycles. The first-order valence-electron chi connectivity index (χ1n) is 4.65. The van der Waals surface area contributed by atoms with Gasteiger partial charge >= 0.3 is 11.9 Å². The van der Waals surface area contributed by atoms with Gasteiger partial charge in [0.15, 0.2) is 0 Å². The Hall–Kier alpha value is -1.32. The average molecular weight is 196 g/mol. The molecule has 0 aromatic heterocycles. The second-order valence-corrected chi connectivity index (χ2v) is 4.16. The maximum atomic E-state index is 11.2. The summed E-state index contributed by atoms with van der Waals surface area (Å²) in [6.45, 7) is 3.76. The molecule has 2 bridgehead atoms. The second-order valence-electron chi connectivity index (χ2n) is 4.16. The minimum atomic E-state index is -1.17. The van der Waals surface area contributed by atoms with Crippen LogP contribution in [-0.2, 0) is 9.59 Å². The Balaban J connectivity index is 2.46. The number of carbonyl (C=O) groups is 2. The van der Waals surface area contributed by atoms with Crippen molar-refractivity contribution < 1.29 is 19.8 Å². The van der Waals surface area contributed by atoms with Gasteiger partial charge in [-0.05, 0) is 25.2 Å². The quantitative estimate of drug-likeness (QED) is 0.649. The number of fused-ring (bicyclic) bond motifs is 2. The number of carboxylic acid groups (broad SMARTS) is 2. The molecule has 2 aliphatic carbocycles. The molecule has 0 amide bonds. The molecular formula is C10H12O4. The fraction of sp³-hybridized carbons (Fsp3) is 0.600. The molecule has 0 radical (unpaired) electrons. The van der Waals surface area contributed by atoms with Crippen molar-refractivity contribution in [1.82, 2.24) is 0 Å². The third-order valence-corrected chi connectivity index (χ3v) is 3.75. The van der Waals surface area contributed by atoms with Crippen LogP contribution in [0.5, 0.6) is 0 Å². The SMILES string of the molecule is C=C1C2CCC1(C(=O)O)C(C(=O)O)C2. The number of hydrogen-bond donors (Lipinski definition) is 2. The van der Waals surface area contributed by atoms with Crippen LogP contribution in [0.2, 0.25) is 0 Å². The molecule has 4 heteroatoms. The first-order chi connectivity index (χ1) is 6.50. The van der Waals surface area contributed by atoms with E-state index in [1.807, 2.05) is 0 Å². The first-order valence-corrected chi connectivity index (χ1v) is 4.65. The molecule has 14 heavy (non-hydrogen) atoms. The van der Waals surface area contributed by atoms with Gasteiger partial charge < -0.3 is 10.2 Å². The van der Waals surface area contributed by atoms with Crippen molar-refractivity contribution in [2.24, 2.45) is 17.3 Å². The molecule has 2 N–H and O–H groups in total. The van der Waals surface area contributed by atoms with Crippen molar-refractivity contribution in [2.45, 2.75) is 19.3 Å². The van der Waals surface area contributed by atoms with Crippen LogP contribution in [0.15, 0.2) is 12.2 Å². The molecule has 2 aliphatic rings. The molecule has 2 fully saturated rings. The Bertz CT molecular complexity index is 333. The fourth-order valence-corrected chi connectivity index (χ4v) is 2.95. The molecule has 0 aliphatic heterocycles. The van der Waals surface area contributed by atoms with E-state index in [9.17, 15) is 9.59 Å². The lowest BCUT2D eigenvalue weighted by atomic mass is 9.74. The highest BCUT2D eigenvalue weighted by atomic mass is 16.4. The Labute approximate surface area is 81.2 Å². The minimum absolute atomic E-state index is 0.104. The third-order valence-electron chi connectivity index (χ3n) is 3.75. The van der Waals surface area contributed by atoms with Crippen LogP contribution in [0.25, 0.3) is 0 Å². The molecule has 0 heterocycles. The Morgan fingerprint density at radius 2 is 2.07 bits per heavy atom. The summed E-state index contributed by atoms with van der Waals surface area (Å²) in [7, 11) is 0. The van der Waals surface area contributed by atoms with Crippen LogP contribution in [-0.4, -0.2) is 22.2 Å².